The molecule has 3 N–H and O–H groups in total. The number of carbonyl (C=O) groups excluding carboxylic acids is 2. The molecule has 2 atom stereocenters. The topological polar surface area (TPSA) is 95.9 Å². The zero-order chi connectivity index (χ0) is 62.0. The minimum Gasteiger partial charge on any atom is -0.466 e. The third-order valence-electron chi connectivity index (χ3n) is 19.1. The lowest BCUT2D eigenvalue weighted by Gasteiger charge is -2.22. The van der Waals surface area contributed by atoms with Crippen LogP contribution in [0, 0.1) is 0 Å². The van der Waals surface area contributed by atoms with Gasteiger partial charge in [-0.15, -0.1) is 0 Å². The molecule has 1 amide bonds. The predicted octanol–water partition coefficient (Wildman–Crippen LogP) is 26.3. The van der Waals surface area contributed by atoms with Crippen LogP contribution in [0.25, 0.3) is 0 Å². The number of hydrogen-bond acceptors (Lipinski definition) is 5. The summed E-state index contributed by atoms with van der Waals surface area (Å²) in [4.78, 5) is 24.7. The maximum absolute atomic E-state index is 12.6. The molecular weight excluding hydrogens is 1050 g/mol. The Morgan fingerprint density at radius 3 is 0.826 bits per heavy atom. The highest BCUT2D eigenvalue weighted by molar-refractivity contribution is 5.76. The second kappa shape index (κ2) is 76.1. The molecule has 86 heavy (non-hydrogen) atoms. The van der Waals surface area contributed by atoms with E-state index in [1.54, 1.807) is 0 Å². The molecule has 0 radical (unpaired) electrons. The molecule has 0 fully saturated rings. The highest BCUT2D eigenvalue weighted by Gasteiger charge is 2.20. The van der Waals surface area contributed by atoms with E-state index in [0.717, 1.165) is 44.9 Å². The van der Waals surface area contributed by atoms with Gasteiger partial charge in [-0.2, -0.15) is 0 Å². The Morgan fingerprint density at radius 1 is 0.314 bits per heavy atom. The Bertz CT molecular complexity index is 1300. The molecule has 0 rings (SSSR count). The lowest BCUT2D eigenvalue weighted by atomic mass is 10.0. The number of rotatable bonds is 76. The van der Waals surface area contributed by atoms with Gasteiger partial charge in [-0.3, -0.25) is 9.59 Å². The predicted molar refractivity (Wildman–Crippen MR) is 380 cm³/mol. The van der Waals surface area contributed by atoms with Crippen molar-refractivity contribution in [1.29, 1.82) is 0 Å². The van der Waals surface area contributed by atoms with Gasteiger partial charge in [0, 0.05) is 12.8 Å². The summed E-state index contributed by atoms with van der Waals surface area (Å²) in [6.45, 7) is 5.01. The molecule has 0 spiro atoms. The van der Waals surface area contributed by atoms with Crippen LogP contribution in [0.4, 0.5) is 0 Å². The van der Waals surface area contributed by atoms with Crippen LogP contribution in [-0.4, -0.2) is 47.4 Å². The molecule has 512 valence electrons. The fourth-order valence-corrected chi connectivity index (χ4v) is 13.0. The SMILES string of the molecule is CCCCCCCCC/C=C\CCCCCCCCCC(=O)OCCCCCCCCCCCCCCCCCCCCCCCCCCCCC(=O)NC(CO)C(O)CCCCCCCCCCCCCCCCCCCCCCCCCCC. The van der Waals surface area contributed by atoms with E-state index in [2.05, 4.69) is 31.3 Å². The number of ether oxygens (including phenoxy) is 1. The summed E-state index contributed by atoms with van der Waals surface area (Å²) in [7, 11) is 0. The maximum Gasteiger partial charge on any atom is 0.305 e. The molecule has 2 unspecified atom stereocenters. The first-order valence-corrected chi connectivity index (χ1v) is 39.9. The number of aliphatic hydroxyl groups is 2. The third-order valence-corrected chi connectivity index (χ3v) is 19.1. The lowest BCUT2D eigenvalue weighted by Crippen LogP contribution is -2.45. The summed E-state index contributed by atoms with van der Waals surface area (Å²) in [5.41, 5.74) is 0. The van der Waals surface area contributed by atoms with E-state index in [1.807, 2.05) is 0 Å². The van der Waals surface area contributed by atoms with Crippen LogP contribution in [0.1, 0.15) is 463 Å². The summed E-state index contributed by atoms with van der Waals surface area (Å²) in [6.07, 6.45) is 95.8. The Labute approximate surface area is 539 Å². The van der Waals surface area contributed by atoms with Gasteiger partial charge < -0.3 is 20.3 Å². The number of esters is 1. The highest BCUT2D eigenvalue weighted by atomic mass is 16.5. The molecule has 0 saturated heterocycles. The number of amides is 1. The normalized spacial score (nSPS) is 12.5. The smallest absolute Gasteiger partial charge is 0.305 e. The van der Waals surface area contributed by atoms with Crippen molar-refractivity contribution in [3.63, 3.8) is 0 Å². The van der Waals surface area contributed by atoms with Gasteiger partial charge in [0.1, 0.15) is 0 Å². The molecule has 0 aromatic heterocycles. The van der Waals surface area contributed by atoms with Crippen LogP contribution >= 0.6 is 0 Å². The third kappa shape index (κ3) is 71.7. The molecule has 6 heteroatoms. The molecular formula is C80H157NO5. The van der Waals surface area contributed by atoms with Crippen molar-refractivity contribution in [3.8, 4) is 0 Å². The standard InChI is InChI=1S/C80H157NO5/c1-3-5-7-9-11-13-15-17-19-21-23-24-25-28-31-34-37-40-44-48-52-56-60-64-68-72-78(83)77(76-82)81-79(84)73-69-65-61-57-53-49-45-41-38-35-32-29-26-27-30-33-36-39-43-47-51-55-59-63-67-71-75-86-80(85)74-70-66-62-58-54-50-46-42-22-20-18-16-14-12-10-8-6-4-2/h20,22,77-78,82-83H,3-19,21,23-76H2,1-2H3,(H,81,84)/b22-20-. The zero-order valence-corrected chi connectivity index (χ0v) is 58.8. The average molecular weight is 1210 g/mol. The minimum atomic E-state index is -0.664. The number of unbranched alkanes of at least 4 members (excludes halogenated alkanes) is 63. The van der Waals surface area contributed by atoms with Gasteiger partial charge in [-0.1, -0.05) is 411 Å². The fourth-order valence-electron chi connectivity index (χ4n) is 13.0. The van der Waals surface area contributed by atoms with E-state index >= 15 is 0 Å². The molecule has 0 aliphatic rings. The number of aliphatic hydroxyl groups excluding tert-OH is 2. The van der Waals surface area contributed by atoms with Gasteiger partial charge in [0.2, 0.25) is 5.91 Å². The van der Waals surface area contributed by atoms with Crippen molar-refractivity contribution < 1.29 is 24.5 Å². The van der Waals surface area contributed by atoms with E-state index in [-0.39, 0.29) is 18.5 Å². The first kappa shape index (κ1) is 84.6. The summed E-state index contributed by atoms with van der Waals surface area (Å²) in [6, 6.07) is -0.541. The van der Waals surface area contributed by atoms with E-state index in [1.165, 1.54) is 385 Å². The first-order chi connectivity index (χ1) is 42.5. The molecule has 0 saturated carbocycles. The highest BCUT2D eigenvalue weighted by Crippen LogP contribution is 2.20. The van der Waals surface area contributed by atoms with Crippen molar-refractivity contribution in [2.45, 2.75) is 475 Å². The van der Waals surface area contributed by atoms with Crippen LogP contribution in [0.5, 0.6) is 0 Å². The summed E-state index contributed by atoms with van der Waals surface area (Å²) < 4.78 is 5.51. The second-order valence-electron chi connectivity index (χ2n) is 27.8. The van der Waals surface area contributed by atoms with E-state index in [0.29, 0.717) is 25.9 Å². The lowest BCUT2D eigenvalue weighted by molar-refractivity contribution is -0.143. The van der Waals surface area contributed by atoms with E-state index in [9.17, 15) is 19.8 Å². The minimum absolute atomic E-state index is 0.0160. The van der Waals surface area contributed by atoms with Crippen molar-refractivity contribution >= 4 is 11.9 Å². The Hall–Kier alpha value is -1.40. The molecule has 0 bridgehead atoms. The summed E-state index contributed by atoms with van der Waals surface area (Å²) >= 11 is 0. The first-order valence-electron chi connectivity index (χ1n) is 39.9. The quantitative estimate of drug-likeness (QED) is 0.0320. The van der Waals surface area contributed by atoms with Gasteiger partial charge in [-0.25, -0.2) is 0 Å². The Kier molecular flexibility index (Phi) is 74.8. The molecule has 0 aliphatic carbocycles. The van der Waals surface area contributed by atoms with Crippen molar-refractivity contribution in [3.05, 3.63) is 12.2 Å². The average Bonchev–Trinajstić information content (AvgIpc) is 3.56. The van der Waals surface area contributed by atoms with Gasteiger partial charge in [0.25, 0.3) is 0 Å². The summed E-state index contributed by atoms with van der Waals surface area (Å²) in [5, 5.41) is 23.5. The van der Waals surface area contributed by atoms with Gasteiger partial charge in [-0.05, 0) is 51.4 Å². The van der Waals surface area contributed by atoms with Gasteiger partial charge in [0.05, 0.1) is 25.4 Å². The van der Waals surface area contributed by atoms with Crippen LogP contribution < -0.4 is 5.32 Å². The Morgan fingerprint density at radius 2 is 0.547 bits per heavy atom. The Balaban J connectivity index is 3.35. The summed E-state index contributed by atoms with van der Waals surface area (Å²) in [5.74, 6) is -0.0104. The van der Waals surface area contributed by atoms with Gasteiger partial charge >= 0.3 is 5.97 Å². The molecule has 6 nitrogen and oxygen atoms in total. The van der Waals surface area contributed by atoms with Crippen LogP contribution in [-0.2, 0) is 14.3 Å². The van der Waals surface area contributed by atoms with Gasteiger partial charge in [0.15, 0.2) is 0 Å². The zero-order valence-electron chi connectivity index (χ0n) is 58.8. The second-order valence-corrected chi connectivity index (χ2v) is 27.8. The number of hydrogen-bond donors (Lipinski definition) is 3. The van der Waals surface area contributed by atoms with E-state index in [4.69, 9.17) is 4.74 Å². The van der Waals surface area contributed by atoms with E-state index < -0.39 is 12.1 Å². The van der Waals surface area contributed by atoms with Crippen LogP contribution in [0.3, 0.4) is 0 Å². The number of nitrogens with one attached hydrogen (secondary N) is 1. The van der Waals surface area contributed by atoms with Crippen LogP contribution in [0.2, 0.25) is 0 Å². The monoisotopic (exact) mass is 1210 g/mol. The fraction of sp³-hybridized carbons (Fsp3) is 0.950. The van der Waals surface area contributed by atoms with Crippen molar-refractivity contribution in [1.82, 2.24) is 5.32 Å². The number of carbonyl (C=O) groups is 2. The molecule has 0 heterocycles. The van der Waals surface area contributed by atoms with Crippen LogP contribution in [0.15, 0.2) is 12.2 Å². The number of allylic oxidation sites excluding steroid dienone is 2. The van der Waals surface area contributed by atoms with Crippen molar-refractivity contribution in [2.24, 2.45) is 0 Å². The maximum atomic E-state index is 12.6. The van der Waals surface area contributed by atoms with Crippen molar-refractivity contribution in [2.75, 3.05) is 13.2 Å². The molecule has 0 aliphatic heterocycles. The molecule has 0 aromatic carbocycles. The molecule has 0 aromatic rings. The largest absolute Gasteiger partial charge is 0.466 e.